The van der Waals surface area contributed by atoms with Crippen LogP contribution in [0.25, 0.3) is 0 Å². The van der Waals surface area contributed by atoms with Crippen molar-refractivity contribution in [3.05, 3.63) is 94.5 Å². The highest BCUT2D eigenvalue weighted by molar-refractivity contribution is 6.31. The van der Waals surface area contributed by atoms with Gasteiger partial charge in [0.15, 0.2) is 0 Å². The van der Waals surface area contributed by atoms with Gasteiger partial charge in [-0.15, -0.1) is 0 Å². The van der Waals surface area contributed by atoms with Gasteiger partial charge in [-0.2, -0.15) is 5.26 Å². The maximum Gasteiger partial charge on any atom is 0.259 e. The van der Waals surface area contributed by atoms with Crippen molar-refractivity contribution in [3.8, 4) is 11.8 Å². The van der Waals surface area contributed by atoms with Crippen molar-refractivity contribution in [3.63, 3.8) is 0 Å². The quantitative estimate of drug-likeness (QED) is 0.689. The third-order valence-corrected chi connectivity index (χ3v) is 4.20. The van der Waals surface area contributed by atoms with Crippen molar-refractivity contribution < 1.29 is 9.90 Å². The Kier molecular flexibility index (Phi) is 5.21. The molecule has 0 saturated carbocycles. The minimum absolute atomic E-state index is 0.0979. The number of phenols is 1. The molecule has 3 aromatic carbocycles. The lowest BCUT2D eigenvalue weighted by Gasteiger charge is -2.12. The van der Waals surface area contributed by atoms with Gasteiger partial charge >= 0.3 is 0 Å². The van der Waals surface area contributed by atoms with Crippen molar-refractivity contribution in [2.75, 3.05) is 5.32 Å². The maximum absolute atomic E-state index is 12.3. The standard InChI is InChI=1S/C21H15ClN2O2/c22-16-8-11-20(25)18(12-16)21(26)24-17-9-6-15(7-10-17)19(13-23)14-4-2-1-3-5-14/h1-12,19,25H,(H,24,26). The summed E-state index contributed by atoms with van der Waals surface area (Å²) in [5.41, 5.74) is 2.40. The first-order valence-electron chi connectivity index (χ1n) is 7.93. The number of halogens is 1. The average Bonchev–Trinajstić information content (AvgIpc) is 2.66. The molecule has 1 atom stereocenters. The number of benzene rings is 3. The van der Waals surface area contributed by atoms with Crippen molar-refractivity contribution in [2.24, 2.45) is 0 Å². The molecule has 0 aromatic heterocycles. The molecule has 2 N–H and O–H groups in total. The van der Waals surface area contributed by atoms with Crippen LogP contribution in [0.3, 0.4) is 0 Å². The second-order valence-corrected chi connectivity index (χ2v) is 6.15. The molecule has 0 aliphatic rings. The molecular weight excluding hydrogens is 348 g/mol. The van der Waals surface area contributed by atoms with Crippen LogP contribution in [0.15, 0.2) is 72.8 Å². The highest BCUT2D eigenvalue weighted by Crippen LogP contribution is 2.26. The van der Waals surface area contributed by atoms with E-state index in [1.807, 2.05) is 30.3 Å². The molecule has 128 valence electrons. The van der Waals surface area contributed by atoms with E-state index in [2.05, 4.69) is 11.4 Å². The summed E-state index contributed by atoms with van der Waals surface area (Å²) in [4.78, 5) is 12.3. The summed E-state index contributed by atoms with van der Waals surface area (Å²) in [6, 6.07) is 23.1. The number of nitrogens with one attached hydrogen (secondary N) is 1. The number of aromatic hydroxyl groups is 1. The van der Waals surface area contributed by atoms with Crippen molar-refractivity contribution in [1.82, 2.24) is 0 Å². The Hall–Kier alpha value is -3.29. The number of hydrogen-bond donors (Lipinski definition) is 2. The number of nitrogens with zero attached hydrogens (tertiary/aromatic N) is 1. The summed E-state index contributed by atoms with van der Waals surface area (Å²) in [6.07, 6.45) is 0. The van der Waals surface area contributed by atoms with Gasteiger partial charge in [0.05, 0.1) is 17.6 Å². The van der Waals surface area contributed by atoms with Crippen LogP contribution in [0.5, 0.6) is 5.75 Å². The van der Waals surface area contributed by atoms with Gasteiger partial charge in [-0.1, -0.05) is 54.1 Å². The largest absolute Gasteiger partial charge is 0.507 e. The predicted octanol–water partition coefficient (Wildman–Crippen LogP) is 4.95. The zero-order chi connectivity index (χ0) is 18.5. The monoisotopic (exact) mass is 362 g/mol. The Morgan fingerprint density at radius 3 is 2.31 bits per heavy atom. The van der Waals surface area contributed by atoms with Gasteiger partial charge in [-0.05, 0) is 41.5 Å². The summed E-state index contributed by atoms with van der Waals surface area (Å²) in [7, 11) is 0. The lowest BCUT2D eigenvalue weighted by atomic mass is 9.92. The summed E-state index contributed by atoms with van der Waals surface area (Å²) >= 11 is 5.87. The molecule has 0 heterocycles. The number of rotatable bonds is 4. The molecular formula is C21H15ClN2O2. The van der Waals surface area contributed by atoms with Crippen LogP contribution in [-0.4, -0.2) is 11.0 Å². The van der Waals surface area contributed by atoms with Crippen molar-refractivity contribution in [1.29, 1.82) is 5.26 Å². The molecule has 3 aromatic rings. The summed E-state index contributed by atoms with van der Waals surface area (Å²) < 4.78 is 0. The van der Waals surface area contributed by atoms with E-state index >= 15 is 0 Å². The maximum atomic E-state index is 12.3. The Balaban J connectivity index is 1.78. The third-order valence-electron chi connectivity index (χ3n) is 3.97. The molecule has 0 bridgehead atoms. The zero-order valence-corrected chi connectivity index (χ0v) is 14.4. The average molecular weight is 363 g/mol. The number of carbonyl (C=O) groups is 1. The fourth-order valence-corrected chi connectivity index (χ4v) is 2.81. The highest BCUT2D eigenvalue weighted by Gasteiger charge is 2.14. The molecule has 0 radical (unpaired) electrons. The number of phenolic OH excluding ortho intramolecular Hbond substituents is 1. The van der Waals surface area contributed by atoms with Crippen molar-refractivity contribution in [2.45, 2.75) is 5.92 Å². The fraction of sp³-hybridized carbons (Fsp3) is 0.0476. The number of carbonyl (C=O) groups excluding carboxylic acids is 1. The molecule has 4 nitrogen and oxygen atoms in total. The van der Waals surface area contributed by atoms with Gasteiger partial charge in [-0.25, -0.2) is 0 Å². The van der Waals surface area contributed by atoms with Gasteiger partial charge in [0.1, 0.15) is 5.75 Å². The van der Waals surface area contributed by atoms with Gasteiger partial charge < -0.3 is 10.4 Å². The first-order chi connectivity index (χ1) is 12.6. The fourth-order valence-electron chi connectivity index (χ4n) is 2.63. The molecule has 0 aliphatic carbocycles. The predicted molar refractivity (Wildman–Crippen MR) is 101 cm³/mol. The Morgan fingerprint density at radius 2 is 1.65 bits per heavy atom. The van der Waals surface area contributed by atoms with Crippen LogP contribution in [0.4, 0.5) is 5.69 Å². The molecule has 1 amide bonds. The molecule has 0 spiro atoms. The van der Waals surface area contributed by atoms with Crippen LogP contribution >= 0.6 is 11.6 Å². The summed E-state index contributed by atoms with van der Waals surface area (Å²) in [5.74, 6) is -0.979. The Labute approximate surface area is 156 Å². The van der Waals surface area contributed by atoms with E-state index in [1.54, 1.807) is 24.3 Å². The molecule has 26 heavy (non-hydrogen) atoms. The van der Waals surface area contributed by atoms with Crippen LogP contribution in [-0.2, 0) is 0 Å². The molecule has 1 unspecified atom stereocenters. The Morgan fingerprint density at radius 1 is 1.00 bits per heavy atom. The van der Waals surface area contributed by atoms with E-state index < -0.39 is 5.91 Å². The molecule has 3 rings (SSSR count). The third kappa shape index (κ3) is 3.85. The van der Waals surface area contributed by atoms with Gasteiger partial charge in [0.25, 0.3) is 5.91 Å². The number of nitriles is 1. The van der Waals surface area contributed by atoms with E-state index in [-0.39, 0.29) is 17.2 Å². The molecule has 5 heteroatoms. The first kappa shape index (κ1) is 17.5. The lowest BCUT2D eigenvalue weighted by molar-refractivity contribution is 0.102. The number of hydrogen-bond acceptors (Lipinski definition) is 3. The van der Waals surface area contributed by atoms with E-state index in [9.17, 15) is 15.2 Å². The van der Waals surface area contributed by atoms with Crippen LogP contribution in [0, 0.1) is 11.3 Å². The van der Waals surface area contributed by atoms with Gasteiger partial charge in [0, 0.05) is 10.7 Å². The number of anilines is 1. The molecule has 0 saturated heterocycles. The minimum atomic E-state index is -0.461. The molecule has 0 fully saturated rings. The minimum Gasteiger partial charge on any atom is -0.507 e. The van der Waals surface area contributed by atoms with Crippen LogP contribution in [0.1, 0.15) is 27.4 Å². The normalized spacial score (nSPS) is 11.4. The summed E-state index contributed by atoms with van der Waals surface area (Å²) in [5, 5.41) is 22.4. The second kappa shape index (κ2) is 7.73. The Bertz CT molecular complexity index is 964. The summed E-state index contributed by atoms with van der Waals surface area (Å²) in [6.45, 7) is 0. The zero-order valence-electron chi connectivity index (χ0n) is 13.7. The first-order valence-corrected chi connectivity index (χ1v) is 8.30. The van der Waals surface area contributed by atoms with Gasteiger partial charge in [0.2, 0.25) is 0 Å². The smallest absolute Gasteiger partial charge is 0.259 e. The van der Waals surface area contributed by atoms with Crippen molar-refractivity contribution >= 4 is 23.2 Å². The topological polar surface area (TPSA) is 73.1 Å². The van der Waals surface area contributed by atoms with Gasteiger partial charge in [-0.3, -0.25) is 4.79 Å². The van der Waals surface area contributed by atoms with Crippen LogP contribution in [0.2, 0.25) is 5.02 Å². The van der Waals surface area contributed by atoms with E-state index in [4.69, 9.17) is 11.6 Å². The molecule has 0 aliphatic heterocycles. The second-order valence-electron chi connectivity index (χ2n) is 5.71. The van der Waals surface area contributed by atoms with E-state index in [0.29, 0.717) is 10.7 Å². The highest BCUT2D eigenvalue weighted by atomic mass is 35.5. The SMILES string of the molecule is N#CC(c1ccccc1)c1ccc(NC(=O)c2cc(Cl)ccc2O)cc1. The van der Waals surface area contributed by atoms with E-state index in [0.717, 1.165) is 11.1 Å². The number of amides is 1. The van der Waals surface area contributed by atoms with E-state index in [1.165, 1.54) is 18.2 Å². The van der Waals surface area contributed by atoms with Crippen LogP contribution < -0.4 is 5.32 Å². The lowest BCUT2D eigenvalue weighted by Crippen LogP contribution is -2.12.